The molecule has 1 aromatic carbocycles. The molecule has 0 radical (unpaired) electrons. The van der Waals surface area contributed by atoms with Gasteiger partial charge in [0.1, 0.15) is 28.8 Å². The summed E-state index contributed by atoms with van der Waals surface area (Å²) in [5.41, 5.74) is 0.344. The first-order chi connectivity index (χ1) is 14.3. The summed E-state index contributed by atoms with van der Waals surface area (Å²) < 4.78 is 43.6. The van der Waals surface area contributed by atoms with E-state index in [1.165, 1.54) is 6.07 Å². The Morgan fingerprint density at radius 2 is 1.90 bits per heavy atom. The summed E-state index contributed by atoms with van der Waals surface area (Å²) in [6.45, 7) is 0.495. The van der Waals surface area contributed by atoms with Crippen molar-refractivity contribution in [3.63, 3.8) is 0 Å². The predicted octanol–water partition coefficient (Wildman–Crippen LogP) is 4.53. The maximum absolute atomic E-state index is 13.0. The Balaban J connectivity index is 1.57. The quantitative estimate of drug-likeness (QED) is 0.679. The molecule has 1 N–H and O–H groups in total. The Bertz CT molecular complexity index is 1080. The van der Waals surface area contributed by atoms with E-state index in [-0.39, 0.29) is 11.7 Å². The minimum atomic E-state index is -4.52. The summed E-state index contributed by atoms with van der Waals surface area (Å²) in [4.78, 5) is 22.4. The van der Waals surface area contributed by atoms with E-state index in [1.54, 1.807) is 42.3 Å². The van der Waals surface area contributed by atoms with Crippen molar-refractivity contribution in [3.8, 4) is 11.5 Å². The van der Waals surface area contributed by atoms with E-state index < -0.39 is 11.9 Å². The molecule has 0 bridgehead atoms. The molecule has 1 amide bonds. The number of anilines is 2. The number of aromatic nitrogens is 2. The van der Waals surface area contributed by atoms with Crippen molar-refractivity contribution in [1.82, 2.24) is 9.97 Å². The zero-order valence-corrected chi connectivity index (χ0v) is 15.9. The van der Waals surface area contributed by atoms with Crippen LogP contribution in [0.1, 0.15) is 21.6 Å². The zero-order valence-electron chi connectivity index (χ0n) is 15.9. The van der Waals surface area contributed by atoms with Gasteiger partial charge in [0.2, 0.25) is 0 Å². The third kappa shape index (κ3) is 3.91. The highest BCUT2D eigenvalue weighted by Crippen LogP contribution is 2.31. The molecule has 154 valence electrons. The molecule has 1 aliphatic heterocycles. The van der Waals surface area contributed by atoms with Gasteiger partial charge in [0, 0.05) is 19.2 Å². The third-order valence-corrected chi connectivity index (χ3v) is 4.69. The number of rotatable bonds is 4. The van der Waals surface area contributed by atoms with Crippen LogP contribution in [-0.2, 0) is 12.6 Å². The van der Waals surface area contributed by atoms with E-state index in [1.807, 2.05) is 6.07 Å². The van der Waals surface area contributed by atoms with Gasteiger partial charge in [-0.1, -0.05) is 12.1 Å². The zero-order chi connectivity index (χ0) is 21.3. The van der Waals surface area contributed by atoms with Gasteiger partial charge in [0.15, 0.2) is 0 Å². The van der Waals surface area contributed by atoms with Gasteiger partial charge in [-0.2, -0.15) is 13.2 Å². The molecule has 0 saturated carbocycles. The number of ether oxygens (including phenoxy) is 1. The van der Waals surface area contributed by atoms with Crippen molar-refractivity contribution in [3.05, 3.63) is 71.5 Å². The maximum Gasteiger partial charge on any atom is 0.433 e. The number of hydrogen-bond acceptors (Lipinski definition) is 5. The minimum absolute atomic E-state index is 0.145. The monoisotopic (exact) mass is 414 g/mol. The molecular formula is C21H17F3N4O2. The van der Waals surface area contributed by atoms with E-state index in [4.69, 9.17) is 4.74 Å². The second-order valence-corrected chi connectivity index (χ2v) is 6.64. The number of carbonyl (C=O) groups is 1. The number of benzene rings is 1. The van der Waals surface area contributed by atoms with Crippen molar-refractivity contribution in [2.75, 3.05) is 23.8 Å². The average Bonchev–Trinajstić information content (AvgIpc) is 2.74. The lowest BCUT2D eigenvalue weighted by molar-refractivity contribution is -0.141. The lowest BCUT2D eigenvalue weighted by Crippen LogP contribution is -2.38. The molecule has 3 heterocycles. The molecular weight excluding hydrogens is 397 g/mol. The third-order valence-electron chi connectivity index (χ3n) is 4.69. The summed E-state index contributed by atoms with van der Waals surface area (Å²) in [5, 5.41) is 2.94. The van der Waals surface area contributed by atoms with Crippen LogP contribution in [0, 0.1) is 0 Å². The van der Waals surface area contributed by atoms with Crippen molar-refractivity contribution >= 4 is 17.5 Å². The van der Waals surface area contributed by atoms with Crippen LogP contribution in [0.4, 0.5) is 24.8 Å². The van der Waals surface area contributed by atoms with Gasteiger partial charge >= 0.3 is 6.18 Å². The number of nitrogens with zero attached hydrogens (tertiary/aromatic N) is 3. The molecule has 2 aromatic heterocycles. The number of alkyl halides is 3. The number of amides is 1. The van der Waals surface area contributed by atoms with Crippen LogP contribution in [0.3, 0.4) is 0 Å². The normalized spacial score (nSPS) is 13.7. The van der Waals surface area contributed by atoms with Crippen LogP contribution in [0.25, 0.3) is 0 Å². The van der Waals surface area contributed by atoms with Crippen LogP contribution in [0.5, 0.6) is 11.5 Å². The van der Waals surface area contributed by atoms with E-state index in [0.29, 0.717) is 35.9 Å². The van der Waals surface area contributed by atoms with Gasteiger partial charge in [-0.05, 0) is 48.4 Å². The highest BCUT2D eigenvalue weighted by atomic mass is 19.4. The minimum Gasteiger partial charge on any atom is -0.456 e. The van der Waals surface area contributed by atoms with E-state index in [9.17, 15) is 18.0 Å². The fourth-order valence-corrected chi connectivity index (χ4v) is 3.19. The molecule has 0 aliphatic carbocycles. The molecule has 30 heavy (non-hydrogen) atoms. The Morgan fingerprint density at radius 3 is 2.60 bits per heavy atom. The smallest absolute Gasteiger partial charge is 0.433 e. The standard InChI is InChI=1S/C21H17F3N4O2/c1-25-18-3-2-4-19(27-18)28-10-9-13-5-6-14(11-16(13)20(28)29)30-15-7-8-17(26-12-15)21(22,23)24/h2-8,11-12H,9-10H2,1H3,(H,25,27). The summed E-state index contributed by atoms with van der Waals surface area (Å²) in [6.07, 6.45) is -2.86. The summed E-state index contributed by atoms with van der Waals surface area (Å²) in [7, 11) is 1.75. The van der Waals surface area contributed by atoms with Crippen LogP contribution in [0.2, 0.25) is 0 Å². The first-order valence-electron chi connectivity index (χ1n) is 9.16. The molecule has 0 fully saturated rings. The Kier molecular flexibility index (Phi) is 5.03. The molecule has 0 saturated heterocycles. The predicted molar refractivity (Wildman–Crippen MR) is 105 cm³/mol. The van der Waals surface area contributed by atoms with Crippen molar-refractivity contribution in [1.29, 1.82) is 0 Å². The highest BCUT2D eigenvalue weighted by molar-refractivity contribution is 6.08. The molecule has 0 spiro atoms. The lowest BCUT2D eigenvalue weighted by atomic mass is 9.98. The second-order valence-electron chi connectivity index (χ2n) is 6.64. The van der Waals surface area contributed by atoms with Gasteiger partial charge < -0.3 is 10.1 Å². The Morgan fingerprint density at radius 1 is 1.10 bits per heavy atom. The highest BCUT2D eigenvalue weighted by Gasteiger charge is 2.32. The van der Waals surface area contributed by atoms with Crippen LogP contribution >= 0.6 is 0 Å². The Labute approximate surface area is 170 Å². The molecule has 6 nitrogen and oxygen atoms in total. The molecule has 0 unspecified atom stereocenters. The van der Waals surface area contributed by atoms with Crippen molar-refractivity contribution in [2.45, 2.75) is 12.6 Å². The van der Waals surface area contributed by atoms with Gasteiger partial charge in [0.05, 0.1) is 6.20 Å². The lowest BCUT2D eigenvalue weighted by Gasteiger charge is -2.28. The van der Waals surface area contributed by atoms with Crippen LogP contribution in [0.15, 0.2) is 54.7 Å². The number of halogens is 3. The number of hydrogen-bond donors (Lipinski definition) is 1. The Hall–Kier alpha value is -3.62. The molecule has 9 heteroatoms. The first-order valence-corrected chi connectivity index (χ1v) is 9.16. The number of pyridine rings is 2. The summed E-state index contributed by atoms with van der Waals surface area (Å²) >= 11 is 0. The van der Waals surface area contributed by atoms with Gasteiger partial charge in [0.25, 0.3) is 5.91 Å². The number of fused-ring (bicyclic) bond motifs is 1. The van der Waals surface area contributed by atoms with E-state index in [2.05, 4.69) is 15.3 Å². The topological polar surface area (TPSA) is 67.3 Å². The van der Waals surface area contributed by atoms with Crippen molar-refractivity contribution in [2.24, 2.45) is 0 Å². The maximum atomic E-state index is 13.0. The molecule has 1 aliphatic rings. The van der Waals surface area contributed by atoms with Gasteiger partial charge in [-0.15, -0.1) is 0 Å². The van der Waals surface area contributed by atoms with Crippen LogP contribution < -0.4 is 15.0 Å². The van der Waals surface area contributed by atoms with E-state index >= 15 is 0 Å². The van der Waals surface area contributed by atoms with Crippen molar-refractivity contribution < 1.29 is 22.7 Å². The second kappa shape index (κ2) is 7.66. The summed E-state index contributed by atoms with van der Waals surface area (Å²) in [5.74, 6) is 1.45. The fraction of sp³-hybridized carbons (Fsp3) is 0.190. The summed E-state index contributed by atoms with van der Waals surface area (Å²) in [6, 6.07) is 12.5. The molecule has 0 atom stereocenters. The van der Waals surface area contributed by atoms with Gasteiger partial charge in [-0.3, -0.25) is 9.69 Å². The van der Waals surface area contributed by atoms with Crippen LogP contribution in [-0.4, -0.2) is 29.5 Å². The molecule has 3 aromatic rings. The molecule has 4 rings (SSSR count). The van der Waals surface area contributed by atoms with E-state index in [0.717, 1.165) is 17.8 Å². The SMILES string of the molecule is CNc1cccc(N2CCc3ccc(Oc4ccc(C(F)(F)F)nc4)cc3C2=O)n1. The largest absolute Gasteiger partial charge is 0.456 e. The average molecular weight is 414 g/mol. The fourth-order valence-electron chi connectivity index (χ4n) is 3.19. The van der Waals surface area contributed by atoms with Gasteiger partial charge in [-0.25, -0.2) is 9.97 Å². The number of carbonyl (C=O) groups excluding carboxylic acids is 1. The number of nitrogens with one attached hydrogen (secondary N) is 1. The first kappa shape index (κ1) is 19.7.